The van der Waals surface area contributed by atoms with E-state index in [1.165, 1.54) is 0 Å². The largest absolute Gasteiger partial charge is 0.414 e. The minimum absolute atomic E-state index is 0.0450. The highest BCUT2D eigenvalue weighted by atomic mass is 28.4. The van der Waals surface area contributed by atoms with E-state index in [4.69, 9.17) is 4.43 Å². The first-order valence-corrected chi connectivity index (χ1v) is 11.9. The van der Waals surface area contributed by atoms with Crippen molar-refractivity contribution in [2.45, 2.75) is 90.0 Å². The van der Waals surface area contributed by atoms with Crippen LogP contribution in [0.5, 0.6) is 0 Å². The Balaban J connectivity index is 2.21. The van der Waals surface area contributed by atoms with Crippen molar-refractivity contribution < 1.29 is 18.0 Å². The van der Waals surface area contributed by atoms with Crippen LogP contribution in [0.2, 0.25) is 18.1 Å². The molecule has 0 radical (unpaired) electrons. The highest BCUT2D eigenvalue weighted by Crippen LogP contribution is 2.56. The predicted molar refractivity (Wildman–Crippen MR) is 91.3 cm³/mol. The minimum atomic E-state index is -3.14. The van der Waals surface area contributed by atoms with Gasteiger partial charge in [0.2, 0.25) is 5.78 Å². The molecule has 2 aliphatic carbocycles. The van der Waals surface area contributed by atoms with Crippen LogP contribution in [0.1, 0.15) is 59.8 Å². The van der Waals surface area contributed by atoms with E-state index in [1.54, 1.807) is 0 Å². The van der Waals surface area contributed by atoms with Crippen LogP contribution in [0.15, 0.2) is 0 Å². The number of hydrogen-bond acceptors (Lipinski definition) is 2. The maximum atomic E-state index is 14.2. The van der Waals surface area contributed by atoms with Crippen LogP contribution in [-0.4, -0.2) is 26.1 Å². The molecule has 4 atom stereocenters. The first kappa shape index (κ1) is 19.0. The lowest BCUT2D eigenvalue weighted by Gasteiger charge is -2.40. The van der Waals surface area contributed by atoms with E-state index in [-0.39, 0.29) is 29.4 Å². The summed E-state index contributed by atoms with van der Waals surface area (Å²) >= 11 is 0. The molecule has 0 aromatic heterocycles. The van der Waals surface area contributed by atoms with Gasteiger partial charge in [0.15, 0.2) is 8.32 Å². The summed E-state index contributed by atoms with van der Waals surface area (Å²) in [6.45, 7) is 13.0. The van der Waals surface area contributed by atoms with Crippen molar-refractivity contribution in [3.63, 3.8) is 0 Å². The highest BCUT2D eigenvalue weighted by molar-refractivity contribution is 6.74. The van der Waals surface area contributed by atoms with E-state index in [2.05, 4.69) is 40.8 Å². The Morgan fingerprint density at radius 3 is 2.43 bits per heavy atom. The van der Waals surface area contributed by atoms with Crippen LogP contribution in [0.3, 0.4) is 0 Å². The Morgan fingerprint density at radius 1 is 1.30 bits per heavy atom. The van der Waals surface area contributed by atoms with Crippen molar-refractivity contribution in [1.82, 2.24) is 0 Å². The van der Waals surface area contributed by atoms with Crippen LogP contribution in [0.25, 0.3) is 0 Å². The van der Waals surface area contributed by atoms with Crippen LogP contribution in [-0.2, 0) is 9.22 Å². The standard InChI is InChI=1S/C18H32F2O2Si/c1-7-8-9-12-13-10-16(21)18(19,20)14(13)11-15(12)22-23(5,6)17(2,3)4/h12-15H,7-11H2,1-6H3/t12-,13-,14+,15-/m1/s1. The van der Waals surface area contributed by atoms with E-state index in [1.807, 2.05) is 0 Å². The summed E-state index contributed by atoms with van der Waals surface area (Å²) in [4.78, 5) is 11.7. The molecule has 5 heteroatoms. The number of hydrogen-bond donors (Lipinski definition) is 0. The molecule has 2 fully saturated rings. The number of carbonyl (C=O) groups is 1. The molecular weight excluding hydrogens is 314 g/mol. The first-order valence-electron chi connectivity index (χ1n) is 9.00. The van der Waals surface area contributed by atoms with Gasteiger partial charge in [0.25, 0.3) is 0 Å². The van der Waals surface area contributed by atoms with Crippen LogP contribution < -0.4 is 0 Å². The Labute approximate surface area is 140 Å². The topological polar surface area (TPSA) is 26.3 Å². The van der Waals surface area contributed by atoms with Crippen LogP contribution in [0, 0.1) is 17.8 Å². The van der Waals surface area contributed by atoms with Gasteiger partial charge >= 0.3 is 5.92 Å². The molecule has 0 saturated heterocycles. The second-order valence-electron chi connectivity index (χ2n) is 8.98. The van der Waals surface area contributed by atoms with Gasteiger partial charge < -0.3 is 4.43 Å². The van der Waals surface area contributed by atoms with Crippen LogP contribution in [0.4, 0.5) is 8.78 Å². The molecule has 0 aromatic rings. The number of halogens is 2. The van der Waals surface area contributed by atoms with E-state index in [9.17, 15) is 13.6 Å². The van der Waals surface area contributed by atoms with Gasteiger partial charge in [-0.15, -0.1) is 0 Å². The second kappa shape index (κ2) is 6.21. The number of unbranched alkanes of at least 4 members (excludes halogenated alkanes) is 1. The van der Waals surface area contributed by atoms with E-state index in [0.717, 1.165) is 19.3 Å². The van der Waals surface area contributed by atoms with E-state index in [0.29, 0.717) is 6.42 Å². The molecule has 134 valence electrons. The summed E-state index contributed by atoms with van der Waals surface area (Å²) in [5, 5.41) is 0.0678. The zero-order valence-corrected chi connectivity index (χ0v) is 16.4. The monoisotopic (exact) mass is 346 g/mol. The third kappa shape index (κ3) is 3.41. The molecule has 0 spiro atoms. The quantitative estimate of drug-likeness (QED) is 0.621. The summed E-state index contributed by atoms with van der Waals surface area (Å²) in [6, 6.07) is 0. The lowest BCUT2D eigenvalue weighted by atomic mass is 9.87. The molecule has 2 aliphatic rings. The van der Waals surface area contributed by atoms with Crippen molar-refractivity contribution in [1.29, 1.82) is 0 Å². The number of carbonyl (C=O) groups excluding carboxylic acids is 1. The molecule has 2 saturated carbocycles. The van der Waals surface area contributed by atoms with Gasteiger partial charge in [-0.05, 0) is 42.8 Å². The van der Waals surface area contributed by atoms with Crippen molar-refractivity contribution in [2.24, 2.45) is 17.8 Å². The number of fused-ring (bicyclic) bond motifs is 1. The molecule has 0 N–H and O–H groups in total. The lowest BCUT2D eigenvalue weighted by molar-refractivity contribution is -0.143. The second-order valence-corrected chi connectivity index (χ2v) is 13.7. The molecule has 23 heavy (non-hydrogen) atoms. The Morgan fingerprint density at radius 2 is 1.91 bits per heavy atom. The van der Waals surface area contributed by atoms with Crippen molar-refractivity contribution in [2.75, 3.05) is 0 Å². The van der Waals surface area contributed by atoms with Crippen molar-refractivity contribution in [3.05, 3.63) is 0 Å². The van der Waals surface area contributed by atoms with E-state index >= 15 is 0 Å². The highest BCUT2D eigenvalue weighted by Gasteiger charge is 2.63. The van der Waals surface area contributed by atoms with Gasteiger partial charge in [-0.2, -0.15) is 8.78 Å². The summed E-state index contributed by atoms with van der Waals surface area (Å²) in [5.41, 5.74) is 0. The molecule has 0 aromatic carbocycles. The summed E-state index contributed by atoms with van der Waals surface area (Å²) in [5.74, 6) is -4.85. The summed E-state index contributed by atoms with van der Waals surface area (Å²) < 4.78 is 35.0. The number of rotatable bonds is 5. The smallest absolute Gasteiger partial charge is 0.308 e. The van der Waals surface area contributed by atoms with Gasteiger partial charge in [-0.1, -0.05) is 40.5 Å². The SMILES string of the molecule is CCCC[C@@H]1[C@H]2CC(=O)C(F)(F)[C@H]2C[C@H]1O[Si](C)(C)C(C)(C)C. The molecule has 0 heterocycles. The third-order valence-electron chi connectivity index (χ3n) is 6.43. The molecular formula is C18H32F2O2Si. The number of Topliss-reactive ketones (excluding diaryl/α,β-unsaturated/α-hetero) is 1. The summed E-state index contributed by atoms with van der Waals surface area (Å²) in [7, 11) is -1.99. The number of ketones is 1. The molecule has 0 unspecified atom stereocenters. The van der Waals surface area contributed by atoms with Gasteiger partial charge in [-0.3, -0.25) is 4.79 Å². The van der Waals surface area contributed by atoms with Gasteiger partial charge in [0.05, 0.1) is 0 Å². The predicted octanol–water partition coefficient (Wildman–Crippen LogP) is 5.43. The molecule has 0 amide bonds. The zero-order valence-electron chi connectivity index (χ0n) is 15.4. The minimum Gasteiger partial charge on any atom is -0.414 e. The number of alkyl halides is 2. The molecule has 2 rings (SSSR count). The Bertz CT molecular complexity index is 456. The fourth-order valence-corrected chi connectivity index (χ4v) is 5.35. The normalized spacial score (nSPS) is 34.0. The van der Waals surface area contributed by atoms with Crippen molar-refractivity contribution in [3.8, 4) is 0 Å². The van der Waals surface area contributed by atoms with Crippen LogP contribution >= 0.6 is 0 Å². The maximum Gasteiger partial charge on any atom is 0.308 e. The van der Waals surface area contributed by atoms with Gasteiger partial charge in [-0.25, -0.2) is 0 Å². The summed E-state index contributed by atoms with van der Waals surface area (Å²) in [6.07, 6.45) is 3.26. The van der Waals surface area contributed by atoms with E-state index < -0.39 is 25.9 Å². The lowest BCUT2D eigenvalue weighted by Crippen LogP contribution is -2.45. The third-order valence-corrected chi connectivity index (χ3v) is 10.9. The average Bonchev–Trinajstić information content (AvgIpc) is 2.82. The fourth-order valence-electron chi connectivity index (χ4n) is 3.97. The average molecular weight is 347 g/mol. The fraction of sp³-hybridized carbons (Fsp3) is 0.944. The van der Waals surface area contributed by atoms with Gasteiger partial charge in [0.1, 0.15) is 0 Å². The Hall–Kier alpha value is -0.293. The van der Waals surface area contributed by atoms with Gasteiger partial charge in [0, 0.05) is 18.4 Å². The zero-order chi connectivity index (χ0) is 17.6. The van der Waals surface area contributed by atoms with Crippen molar-refractivity contribution >= 4 is 14.1 Å². The molecule has 0 bridgehead atoms. The maximum absolute atomic E-state index is 14.2. The molecule has 0 aliphatic heterocycles. The molecule has 2 nitrogen and oxygen atoms in total. The first-order chi connectivity index (χ1) is 10.4. The Kier molecular flexibility index (Phi) is 5.14.